The summed E-state index contributed by atoms with van der Waals surface area (Å²) >= 11 is 0.434. The van der Waals surface area contributed by atoms with Crippen LogP contribution < -0.4 is 21.7 Å². The van der Waals surface area contributed by atoms with E-state index in [1.54, 1.807) is 62.0 Å². The second-order valence-corrected chi connectivity index (χ2v) is 18.4. The molecule has 0 radical (unpaired) electrons. The molecule has 60 heavy (non-hydrogen) atoms. The van der Waals surface area contributed by atoms with Crippen molar-refractivity contribution in [1.29, 1.82) is 0 Å². The number of ether oxygens (including phenoxy) is 5. The molecule has 4 aliphatic rings. The zero-order valence-corrected chi connectivity index (χ0v) is 34.9. The van der Waals surface area contributed by atoms with E-state index in [0.717, 1.165) is 4.90 Å². The van der Waals surface area contributed by atoms with Crippen molar-refractivity contribution in [3.8, 4) is 0 Å². The van der Waals surface area contributed by atoms with Crippen LogP contribution >= 0.6 is 18.2 Å². The second kappa shape index (κ2) is 18.7. The molecule has 1 aromatic heterocycles. The van der Waals surface area contributed by atoms with Crippen molar-refractivity contribution < 1.29 is 61.9 Å². The number of amides is 3. The number of nitrogens with two attached hydrogens (primary N) is 1. The number of fused-ring (bicyclic) bond motifs is 1. The molecule has 0 aliphatic carbocycles. The number of nitrogens with one attached hydrogen (secondary N) is 3. The van der Waals surface area contributed by atoms with Gasteiger partial charge in [0, 0.05) is 43.4 Å². The number of carbonyl (C=O) groups is 3. The number of rotatable bonds is 17. The zero-order valence-electron chi connectivity index (χ0n) is 33.2. The summed E-state index contributed by atoms with van der Waals surface area (Å²) in [6.07, 6.45) is 1.13. The quantitative estimate of drug-likeness (QED) is 0.0754. The first-order valence-corrected chi connectivity index (χ1v) is 21.6. The number of allylic oxidation sites excluding steroid dienone is 1. The fourth-order valence-electron chi connectivity index (χ4n) is 6.21. The molecule has 1 aromatic carbocycles. The normalized spacial score (nSPS) is 21.5. The molecule has 2 aromatic rings. The van der Waals surface area contributed by atoms with Crippen LogP contribution in [-0.2, 0) is 55.1 Å². The maximum Gasteiger partial charge on any atom is 0.443 e. The Hall–Kier alpha value is -5.67. The van der Waals surface area contributed by atoms with Crippen LogP contribution in [0.2, 0.25) is 0 Å². The first-order valence-electron chi connectivity index (χ1n) is 18.5. The SMILES string of the molecule is C=C1C=CN([C@@H]2OC(CO)=C(OP(=O)(OCC3=C(O)C(Cn4cnc5c4NCN=C5N)CO3)SCOC(=O)C(Cc3ccccc3)NC(=O)OC(C)(C)C)C2OC)C(=O)N1. The lowest BCUT2D eigenvalue weighted by molar-refractivity contribution is -0.143. The number of hydrogen-bond donors (Lipinski definition) is 6. The maximum absolute atomic E-state index is 14.7. The Morgan fingerprint density at radius 3 is 2.70 bits per heavy atom. The smallest absolute Gasteiger partial charge is 0.443 e. The molecule has 324 valence electrons. The van der Waals surface area contributed by atoms with Gasteiger partial charge in [0.25, 0.3) is 0 Å². The number of esters is 1. The lowest BCUT2D eigenvalue weighted by atomic mass is 10.1. The van der Waals surface area contributed by atoms with Gasteiger partial charge in [-0.25, -0.2) is 28.9 Å². The third kappa shape index (κ3) is 10.5. The molecule has 0 spiro atoms. The van der Waals surface area contributed by atoms with Crippen molar-refractivity contribution in [2.45, 2.75) is 57.7 Å². The van der Waals surface area contributed by atoms with E-state index < -0.39 is 73.9 Å². The van der Waals surface area contributed by atoms with E-state index in [0.29, 0.717) is 34.2 Å². The van der Waals surface area contributed by atoms with E-state index in [9.17, 15) is 29.2 Å². The summed E-state index contributed by atoms with van der Waals surface area (Å²) in [7, 11) is 1.28. The van der Waals surface area contributed by atoms with Gasteiger partial charge in [0.1, 0.15) is 60.6 Å². The van der Waals surface area contributed by atoms with Gasteiger partial charge in [-0.3, -0.25) is 9.42 Å². The van der Waals surface area contributed by atoms with Gasteiger partial charge in [0.15, 0.2) is 23.4 Å². The van der Waals surface area contributed by atoms with Crippen LogP contribution in [0.1, 0.15) is 32.0 Å². The molecule has 4 aliphatic heterocycles. The topological polar surface area (TPSA) is 269 Å². The number of nitrogens with zero attached hydrogens (tertiary/aromatic N) is 4. The minimum atomic E-state index is -4.58. The van der Waals surface area contributed by atoms with E-state index in [2.05, 4.69) is 32.5 Å². The van der Waals surface area contributed by atoms with Crippen molar-refractivity contribution in [3.05, 3.63) is 95.5 Å². The fourth-order valence-corrected chi connectivity index (χ4v) is 8.74. The Bertz CT molecular complexity index is 2140. The molecule has 0 fully saturated rings. The van der Waals surface area contributed by atoms with Crippen molar-refractivity contribution in [2.75, 3.05) is 44.9 Å². The molecule has 7 N–H and O–H groups in total. The third-order valence-electron chi connectivity index (χ3n) is 9.02. The van der Waals surface area contributed by atoms with E-state index >= 15 is 0 Å². The number of aromatic nitrogens is 2. The highest BCUT2D eigenvalue weighted by Gasteiger charge is 2.47. The highest BCUT2D eigenvalue weighted by atomic mass is 32.7. The monoisotopic (exact) mass is 874 g/mol. The number of imidazole rings is 1. The van der Waals surface area contributed by atoms with Crippen LogP contribution in [0.5, 0.6) is 0 Å². The molecular weight excluding hydrogens is 827 g/mol. The first-order chi connectivity index (χ1) is 28.6. The lowest BCUT2D eigenvalue weighted by Gasteiger charge is -2.31. The second-order valence-electron chi connectivity index (χ2n) is 14.5. The number of aliphatic hydroxyl groups is 2. The number of anilines is 1. The summed E-state index contributed by atoms with van der Waals surface area (Å²) in [5.41, 5.74) is 6.61. The van der Waals surface area contributed by atoms with Gasteiger partial charge in [0.05, 0.1) is 18.9 Å². The van der Waals surface area contributed by atoms with Crippen LogP contribution in [0.15, 0.2) is 89.2 Å². The molecule has 0 saturated carbocycles. The highest BCUT2D eigenvalue weighted by molar-refractivity contribution is 8.55. The number of methoxy groups -OCH3 is 1. The lowest BCUT2D eigenvalue weighted by Crippen LogP contribution is -2.49. The Balaban J connectivity index is 1.21. The van der Waals surface area contributed by atoms with Gasteiger partial charge in [-0.2, -0.15) is 0 Å². The van der Waals surface area contributed by atoms with Gasteiger partial charge in [0.2, 0.25) is 6.23 Å². The van der Waals surface area contributed by atoms with Crippen molar-refractivity contribution >= 4 is 47.9 Å². The molecule has 5 atom stereocenters. The summed E-state index contributed by atoms with van der Waals surface area (Å²) < 4.78 is 56.5. The number of amidine groups is 1. The van der Waals surface area contributed by atoms with Crippen molar-refractivity contribution in [3.63, 3.8) is 0 Å². The molecule has 5 heterocycles. The minimum absolute atomic E-state index is 0.0311. The number of carbonyl (C=O) groups excluding carboxylic acids is 3. The molecule has 21 nitrogen and oxygen atoms in total. The van der Waals surface area contributed by atoms with Gasteiger partial charge in [-0.05, 0) is 32.4 Å². The fraction of sp³-hybridized carbons (Fsp3) is 0.432. The van der Waals surface area contributed by atoms with Crippen LogP contribution in [0.3, 0.4) is 0 Å². The number of benzene rings is 1. The Morgan fingerprint density at radius 1 is 1.23 bits per heavy atom. The molecule has 23 heteroatoms. The van der Waals surface area contributed by atoms with Crippen molar-refractivity contribution in [2.24, 2.45) is 16.6 Å². The van der Waals surface area contributed by atoms with Crippen LogP contribution in [0, 0.1) is 5.92 Å². The molecule has 3 amide bonds. The molecule has 4 unspecified atom stereocenters. The first kappa shape index (κ1) is 43.9. The van der Waals surface area contributed by atoms with E-state index in [1.807, 2.05) is 0 Å². The third-order valence-corrected chi connectivity index (χ3v) is 12.2. The molecule has 0 bridgehead atoms. The Morgan fingerprint density at radius 2 is 2.00 bits per heavy atom. The Labute approximate surface area is 348 Å². The number of aliphatic imine (C=N–C) groups is 1. The average molecular weight is 875 g/mol. The average Bonchev–Trinajstić information content (AvgIpc) is 3.88. The standard InChI is InChI=1S/C37H47N8O13PS/c1-21-11-12-45(35(49)42-21)33-30(52-5)29(25(15-46)56-33)58-59(51,55-17-26-28(47)23(16-53-26)14-44-19-41-27-31(38)39-18-40-32(27)44)60-20-54-34(48)24(13-22-9-7-6-8-10-22)43-36(50)57-37(2,3)4/h6-12,19,23-24,30,33,40,46-47H,1,13-18,20H2,2-5H3,(H2,38,39)(H,42,49)(H,43,50)/t23?,24?,30?,33-,59?/m1/s1. The van der Waals surface area contributed by atoms with Gasteiger partial charge in [-0.1, -0.05) is 36.9 Å². The summed E-state index contributed by atoms with van der Waals surface area (Å²) in [5.74, 6) is -1.95. The van der Waals surface area contributed by atoms with E-state index in [-0.39, 0.29) is 55.1 Å². The van der Waals surface area contributed by atoms with E-state index in [1.165, 1.54) is 19.4 Å². The Kier molecular flexibility index (Phi) is 13.7. The number of hydrogen-bond acceptors (Lipinski definition) is 18. The van der Waals surface area contributed by atoms with E-state index in [4.69, 9.17) is 38.5 Å². The largest absolute Gasteiger partial charge is 0.508 e. The van der Waals surface area contributed by atoms with Gasteiger partial charge in [-0.15, -0.1) is 0 Å². The molecule has 6 rings (SSSR count). The predicted molar refractivity (Wildman–Crippen MR) is 215 cm³/mol. The number of alkyl carbamates (subject to hydrolysis) is 1. The summed E-state index contributed by atoms with van der Waals surface area (Å²) in [6, 6.07) is 7.02. The molecular formula is C37H47N8O13PS. The highest BCUT2D eigenvalue weighted by Crippen LogP contribution is 2.63. The summed E-state index contributed by atoms with van der Waals surface area (Å²) in [4.78, 5) is 48.7. The minimum Gasteiger partial charge on any atom is -0.508 e. The summed E-state index contributed by atoms with van der Waals surface area (Å²) in [5, 5.41) is 29.7. The van der Waals surface area contributed by atoms with Crippen LogP contribution in [0.4, 0.5) is 15.4 Å². The van der Waals surface area contributed by atoms with Gasteiger partial charge < -0.3 is 64.7 Å². The number of urea groups is 1. The predicted octanol–water partition coefficient (Wildman–Crippen LogP) is 3.53. The number of aliphatic hydroxyl groups excluding tert-OH is 2. The maximum atomic E-state index is 14.7. The molecule has 0 saturated heterocycles. The van der Waals surface area contributed by atoms with Crippen molar-refractivity contribution in [1.82, 2.24) is 25.1 Å². The van der Waals surface area contributed by atoms with Crippen LogP contribution in [-0.4, -0.2) is 112 Å². The summed E-state index contributed by atoms with van der Waals surface area (Å²) in [6.45, 7) is 3.30. The van der Waals surface area contributed by atoms with Crippen LogP contribution in [0.25, 0.3) is 0 Å². The zero-order chi connectivity index (χ0) is 43.2. The van der Waals surface area contributed by atoms with Gasteiger partial charge >= 0.3 is 24.9 Å².